The molecule has 0 saturated heterocycles. The maximum Gasteiger partial charge on any atom is 0.303 e. The van der Waals surface area contributed by atoms with Crippen LogP contribution in [0, 0.1) is 12.7 Å². The van der Waals surface area contributed by atoms with E-state index in [4.69, 9.17) is 5.11 Å². The molecule has 0 radical (unpaired) electrons. The predicted molar refractivity (Wildman–Crippen MR) is 78.8 cm³/mol. The first-order valence-electron chi connectivity index (χ1n) is 7.27. The van der Waals surface area contributed by atoms with Crippen molar-refractivity contribution in [3.05, 3.63) is 35.1 Å². The van der Waals surface area contributed by atoms with Gasteiger partial charge in [0.1, 0.15) is 5.82 Å². The number of carbonyl (C=O) groups is 2. The van der Waals surface area contributed by atoms with Gasteiger partial charge in [-0.2, -0.15) is 0 Å². The number of nitrogens with one attached hydrogen (secondary N) is 1. The Kier molecular flexibility index (Phi) is 7.43. The van der Waals surface area contributed by atoms with Gasteiger partial charge < -0.3 is 10.4 Å². The zero-order valence-corrected chi connectivity index (χ0v) is 12.3. The summed E-state index contributed by atoms with van der Waals surface area (Å²) >= 11 is 0. The Balaban J connectivity index is 2.16. The minimum Gasteiger partial charge on any atom is -0.481 e. The summed E-state index contributed by atoms with van der Waals surface area (Å²) in [7, 11) is 0. The average Bonchev–Trinajstić information content (AvgIpc) is 2.43. The number of benzene rings is 1. The second-order valence-corrected chi connectivity index (χ2v) is 5.13. The fourth-order valence-electron chi connectivity index (χ4n) is 2.07. The predicted octanol–water partition coefficient (Wildman–Crippen LogP) is 3.29. The second-order valence-electron chi connectivity index (χ2n) is 5.13. The van der Waals surface area contributed by atoms with E-state index in [1.54, 1.807) is 13.0 Å². The highest BCUT2D eigenvalue weighted by atomic mass is 19.1. The number of carboxylic acid groups (broad SMARTS) is 1. The standard InChI is InChI=1S/C16H22FNO3/c1-12-8-9-13(17)11-14(12)16(21)18-10-6-4-2-3-5-7-15(19)20/h8-9,11H,2-7,10H2,1H3,(H,18,21)(H,19,20). The molecule has 1 amide bonds. The smallest absolute Gasteiger partial charge is 0.303 e. The Bertz CT molecular complexity index is 488. The molecule has 0 unspecified atom stereocenters. The van der Waals surface area contributed by atoms with Gasteiger partial charge in [-0.3, -0.25) is 9.59 Å². The van der Waals surface area contributed by atoms with Gasteiger partial charge in [-0.1, -0.05) is 25.3 Å². The number of aryl methyl sites for hydroxylation is 1. The molecule has 0 spiro atoms. The highest BCUT2D eigenvalue weighted by Crippen LogP contribution is 2.10. The molecule has 21 heavy (non-hydrogen) atoms. The monoisotopic (exact) mass is 295 g/mol. The van der Waals surface area contributed by atoms with Crippen molar-refractivity contribution in [2.75, 3.05) is 6.54 Å². The number of carboxylic acids is 1. The van der Waals surface area contributed by atoms with E-state index in [1.807, 2.05) is 0 Å². The van der Waals surface area contributed by atoms with Crippen molar-refractivity contribution in [1.29, 1.82) is 0 Å². The molecule has 0 aliphatic carbocycles. The Labute approximate surface area is 124 Å². The van der Waals surface area contributed by atoms with Crippen molar-refractivity contribution in [3.8, 4) is 0 Å². The first-order chi connectivity index (χ1) is 10.0. The molecule has 4 nitrogen and oxygen atoms in total. The third-order valence-electron chi connectivity index (χ3n) is 3.30. The third kappa shape index (κ3) is 6.88. The van der Waals surface area contributed by atoms with Crippen LogP contribution in [-0.2, 0) is 4.79 Å². The van der Waals surface area contributed by atoms with Gasteiger partial charge in [0, 0.05) is 18.5 Å². The molecular weight excluding hydrogens is 273 g/mol. The van der Waals surface area contributed by atoms with Crippen LogP contribution in [0.1, 0.15) is 54.4 Å². The Hall–Kier alpha value is -1.91. The van der Waals surface area contributed by atoms with Crippen molar-refractivity contribution in [2.45, 2.75) is 45.4 Å². The van der Waals surface area contributed by atoms with Crippen molar-refractivity contribution in [1.82, 2.24) is 5.32 Å². The summed E-state index contributed by atoms with van der Waals surface area (Å²) in [6.07, 6.45) is 4.56. The van der Waals surface area contributed by atoms with Crippen LogP contribution >= 0.6 is 0 Å². The van der Waals surface area contributed by atoms with Crippen LogP contribution in [-0.4, -0.2) is 23.5 Å². The lowest BCUT2D eigenvalue weighted by molar-refractivity contribution is -0.137. The van der Waals surface area contributed by atoms with Crippen molar-refractivity contribution < 1.29 is 19.1 Å². The van der Waals surface area contributed by atoms with E-state index in [0.717, 1.165) is 31.2 Å². The SMILES string of the molecule is Cc1ccc(F)cc1C(=O)NCCCCCCCC(=O)O. The van der Waals surface area contributed by atoms with E-state index in [9.17, 15) is 14.0 Å². The number of amides is 1. The Morgan fingerprint density at radius 1 is 1.14 bits per heavy atom. The molecule has 0 aromatic heterocycles. The van der Waals surface area contributed by atoms with Crippen LogP contribution in [0.25, 0.3) is 0 Å². The number of halogens is 1. The van der Waals surface area contributed by atoms with Gasteiger partial charge >= 0.3 is 5.97 Å². The van der Waals surface area contributed by atoms with E-state index in [-0.39, 0.29) is 12.3 Å². The third-order valence-corrected chi connectivity index (χ3v) is 3.30. The van der Waals surface area contributed by atoms with Gasteiger partial charge in [-0.15, -0.1) is 0 Å². The van der Waals surface area contributed by atoms with Gasteiger partial charge in [0.15, 0.2) is 0 Å². The van der Waals surface area contributed by atoms with Crippen LogP contribution < -0.4 is 5.32 Å². The van der Waals surface area contributed by atoms with E-state index in [0.29, 0.717) is 18.5 Å². The van der Waals surface area contributed by atoms with Gasteiger partial charge in [0.05, 0.1) is 0 Å². The molecule has 0 fully saturated rings. The summed E-state index contributed by atoms with van der Waals surface area (Å²) in [6, 6.07) is 4.17. The first-order valence-corrected chi connectivity index (χ1v) is 7.27. The number of aliphatic carboxylic acids is 1. The number of unbranched alkanes of at least 4 members (excludes halogenated alkanes) is 4. The minimum absolute atomic E-state index is 0.218. The summed E-state index contributed by atoms with van der Waals surface area (Å²) in [5, 5.41) is 11.3. The number of carbonyl (C=O) groups excluding carboxylic acids is 1. The van der Waals surface area contributed by atoms with Gasteiger partial charge in [0.25, 0.3) is 5.91 Å². The second kappa shape index (κ2) is 9.10. The molecule has 1 aromatic rings. The zero-order valence-electron chi connectivity index (χ0n) is 12.3. The summed E-state index contributed by atoms with van der Waals surface area (Å²) in [4.78, 5) is 22.2. The van der Waals surface area contributed by atoms with Gasteiger partial charge in [-0.05, 0) is 37.5 Å². The van der Waals surface area contributed by atoms with E-state index < -0.39 is 11.8 Å². The molecular formula is C16H22FNO3. The molecule has 116 valence electrons. The molecule has 1 aromatic carbocycles. The molecule has 0 atom stereocenters. The Morgan fingerprint density at radius 2 is 1.81 bits per heavy atom. The topological polar surface area (TPSA) is 66.4 Å². The number of rotatable bonds is 9. The fraction of sp³-hybridized carbons (Fsp3) is 0.500. The summed E-state index contributed by atoms with van der Waals surface area (Å²) in [5.74, 6) is -1.42. The normalized spacial score (nSPS) is 10.4. The van der Waals surface area contributed by atoms with Crippen LogP contribution in [0.3, 0.4) is 0 Å². The lowest BCUT2D eigenvalue weighted by Gasteiger charge is -2.07. The van der Waals surface area contributed by atoms with Crippen LogP contribution in [0.4, 0.5) is 4.39 Å². The summed E-state index contributed by atoms with van der Waals surface area (Å²) in [6.45, 7) is 2.32. The molecule has 0 bridgehead atoms. The molecule has 0 saturated carbocycles. The van der Waals surface area contributed by atoms with E-state index >= 15 is 0 Å². The largest absolute Gasteiger partial charge is 0.481 e. The van der Waals surface area contributed by atoms with Crippen LogP contribution in [0.5, 0.6) is 0 Å². The van der Waals surface area contributed by atoms with Gasteiger partial charge in [-0.25, -0.2) is 4.39 Å². The highest BCUT2D eigenvalue weighted by Gasteiger charge is 2.09. The van der Waals surface area contributed by atoms with Gasteiger partial charge in [0.2, 0.25) is 0 Å². The van der Waals surface area contributed by atoms with E-state index in [2.05, 4.69) is 5.32 Å². The quantitative estimate of drug-likeness (QED) is 0.687. The van der Waals surface area contributed by atoms with Crippen LogP contribution in [0.15, 0.2) is 18.2 Å². The molecule has 5 heteroatoms. The Morgan fingerprint density at radius 3 is 2.52 bits per heavy atom. The molecule has 1 rings (SSSR count). The molecule has 2 N–H and O–H groups in total. The average molecular weight is 295 g/mol. The fourth-order valence-corrected chi connectivity index (χ4v) is 2.07. The molecule has 0 heterocycles. The first kappa shape index (κ1) is 17.1. The zero-order chi connectivity index (χ0) is 15.7. The lowest BCUT2D eigenvalue weighted by Crippen LogP contribution is -2.25. The van der Waals surface area contributed by atoms with Crippen molar-refractivity contribution in [3.63, 3.8) is 0 Å². The van der Waals surface area contributed by atoms with Crippen molar-refractivity contribution in [2.24, 2.45) is 0 Å². The van der Waals surface area contributed by atoms with Crippen molar-refractivity contribution >= 4 is 11.9 Å². The maximum absolute atomic E-state index is 13.1. The minimum atomic E-state index is -0.757. The maximum atomic E-state index is 13.1. The molecule has 0 aliphatic heterocycles. The highest BCUT2D eigenvalue weighted by molar-refractivity contribution is 5.95. The molecule has 0 aliphatic rings. The number of hydrogen-bond acceptors (Lipinski definition) is 2. The lowest BCUT2D eigenvalue weighted by atomic mass is 10.1. The summed E-state index contributed by atoms with van der Waals surface area (Å²) in [5.41, 5.74) is 1.12. The number of hydrogen-bond donors (Lipinski definition) is 2. The van der Waals surface area contributed by atoms with E-state index in [1.165, 1.54) is 12.1 Å². The summed E-state index contributed by atoms with van der Waals surface area (Å²) < 4.78 is 13.1. The van der Waals surface area contributed by atoms with Crippen LogP contribution in [0.2, 0.25) is 0 Å².